The summed E-state index contributed by atoms with van der Waals surface area (Å²) < 4.78 is 5.32. The number of carboxylic acids is 1. The molecule has 0 saturated heterocycles. The van der Waals surface area contributed by atoms with Gasteiger partial charge in [0.05, 0.1) is 6.04 Å². The minimum atomic E-state index is -1.04. The van der Waals surface area contributed by atoms with Gasteiger partial charge in [-0.05, 0) is 38.2 Å². The molecule has 0 saturated carbocycles. The van der Waals surface area contributed by atoms with Gasteiger partial charge in [-0.1, -0.05) is 6.07 Å². The number of aromatic nitrogens is 1. The zero-order valence-corrected chi connectivity index (χ0v) is 11.6. The van der Waals surface area contributed by atoms with Gasteiger partial charge in [-0.2, -0.15) is 0 Å². The summed E-state index contributed by atoms with van der Waals surface area (Å²) in [5, 5.41) is 8.85. The van der Waals surface area contributed by atoms with E-state index in [4.69, 9.17) is 9.52 Å². The quantitative estimate of drug-likeness (QED) is 0.877. The first-order chi connectivity index (χ1) is 9.58. The lowest BCUT2D eigenvalue weighted by Gasteiger charge is -2.22. The van der Waals surface area contributed by atoms with Crippen molar-refractivity contribution >= 4 is 5.97 Å². The number of likely N-dealkylation sites (N-methyl/N-ethyl adjacent to an activating group) is 1. The van der Waals surface area contributed by atoms with E-state index < -0.39 is 5.97 Å². The predicted molar refractivity (Wildman–Crippen MR) is 74.7 cm³/mol. The Bertz CT molecular complexity index is 566. The van der Waals surface area contributed by atoms with Gasteiger partial charge in [0.25, 0.3) is 0 Å². The molecule has 2 aromatic heterocycles. The van der Waals surface area contributed by atoms with Gasteiger partial charge in [0.2, 0.25) is 5.76 Å². The summed E-state index contributed by atoms with van der Waals surface area (Å²) in [6, 6.07) is 9.08. The highest BCUT2D eigenvalue weighted by Gasteiger charge is 2.17. The van der Waals surface area contributed by atoms with Gasteiger partial charge in [-0.15, -0.1) is 0 Å². The molecule has 1 atom stereocenters. The third kappa shape index (κ3) is 3.45. The van der Waals surface area contributed by atoms with Crippen LogP contribution < -0.4 is 0 Å². The van der Waals surface area contributed by atoms with Crippen LogP contribution in [0.3, 0.4) is 0 Å². The number of carboxylic acid groups (broad SMARTS) is 1. The number of pyridine rings is 1. The van der Waals surface area contributed by atoms with Crippen molar-refractivity contribution in [3.05, 3.63) is 53.7 Å². The third-order valence-electron chi connectivity index (χ3n) is 3.36. The third-order valence-corrected chi connectivity index (χ3v) is 3.36. The fourth-order valence-corrected chi connectivity index (χ4v) is 1.94. The zero-order valence-electron chi connectivity index (χ0n) is 11.6. The Morgan fingerprint density at radius 2 is 2.20 bits per heavy atom. The van der Waals surface area contributed by atoms with Gasteiger partial charge < -0.3 is 9.52 Å². The van der Waals surface area contributed by atoms with E-state index in [0.717, 1.165) is 18.7 Å². The number of furan rings is 1. The van der Waals surface area contributed by atoms with Gasteiger partial charge in [0.15, 0.2) is 0 Å². The Kier molecular flexibility index (Phi) is 4.53. The van der Waals surface area contributed by atoms with Crippen LogP contribution in [0.15, 0.2) is 40.9 Å². The van der Waals surface area contributed by atoms with Gasteiger partial charge >= 0.3 is 5.97 Å². The molecule has 20 heavy (non-hydrogen) atoms. The number of carbonyl (C=O) groups is 1. The van der Waals surface area contributed by atoms with Crippen molar-refractivity contribution in [2.75, 3.05) is 13.6 Å². The summed E-state index contributed by atoms with van der Waals surface area (Å²) in [4.78, 5) is 17.2. The molecule has 0 amide bonds. The molecule has 0 aliphatic heterocycles. The monoisotopic (exact) mass is 274 g/mol. The van der Waals surface area contributed by atoms with Crippen LogP contribution in [0.5, 0.6) is 0 Å². The van der Waals surface area contributed by atoms with E-state index in [2.05, 4.69) is 9.88 Å². The van der Waals surface area contributed by atoms with Gasteiger partial charge in [-0.3, -0.25) is 9.88 Å². The molecule has 0 aliphatic rings. The van der Waals surface area contributed by atoms with Crippen molar-refractivity contribution < 1.29 is 14.3 Å². The lowest BCUT2D eigenvalue weighted by molar-refractivity contribution is 0.0657. The van der Waals surface area contributed by atoms with E-state index in [9.17, 15) is 4.79 Å². The largest absolute Gasteiger partial charge is 0.475 e. The van der Waals surface area contributed by atoms with E-state index in [0.29, 0.717) is 5.76 Å². The minimum Gasteiger partial charge on any atom is -0.475 e. The lowest BCUT2D eigenvalue weighted by atomic mass is 10.2. The highest BCUT2D eigenvalue weighted by Crippen LogP contribution is 2.21. The van der Waals surface area contributed by atoms with E-state index in [1.165, 1.54) is 6.07 Å². The van der Waals surface area contributed by atoms with Crippen LogP contribution in [-0.2, 0) is 6.42 Å². The van der Waals surface area contributed by atoms with Crippen molar-refractivity contribution in [2.45, 2.75) is 19.4 Å². The summed E-state index contributed by atoms with van der Waals surface area (Å²) in [5.74, 6) is -0.407. The normalized spacial score (nSPS) is 12.6. The molecule has 0 aromatic carbocycles. The molecule has 0 fully saturated rings. The molecule has 2 aromatic rings. The first-order valence-corrected chi connectivity index (χ1v) is 6.51. The average Bonchev–Trinajstić information content (AvgIpc) is 2.95. The fourth-order valence-electron chi connectivity index (χ4n) is 1.94. The number of rotatable bonds is 6. The average molecular weight is 274 g/mol. The second kappa shape index (κ2) is 6.34. The van der Waals surface area contributed by atoms with Crippen LogP contribution in [0, 0.1) is 0 Å². The molecular weight excluding hydrogens is 256 g/mol. The summed E-state index contributed by atoms with van der Waals surface area (Å²) >= 11 is 0. The van der Waals surface area contributed by atoms with Crippen LogP contribution in [0.2, 0.25) is 0 Å². The highest BCUT2D eigenvalue weighted by atomic mass is 16.4. The van der Waals surface area contributed by atoms with E-state index in [-0.39, 0.29) is 11.8 Å². The SMILES string of the molecule is CC(c1ccc(C(=O)O)o1)N(C)CCc1ccccn1. The topological polar surface area (TPSA) is 66.6 Å². The lowest BCUT2D eigenvalue weighted by Crippen LogP contribution is -2.24. The summed E-state index contributed by atoms with van der Waals surface area (Å²) in [6.07, 6.45) is 2.62. The maximum Gasteiger partial charge on any atom is 0.371 e. The first-order valence-electron chi connectivity index (χ1n) is 6.51. The van der Waals surface area contributed by atoms with Crippen LogP contribution in [-0.4, -0.2) is 34.6 Å². The predicted octanol–water partition coefficient (Wildman–Crippen LogP) is 2.61. The summed E-state index contributed by atoms with van der Waals surface area (Å²) in [6.45, 7) is 2.81. The van der Waals surface area contributed by atoms with E-state index in [1.54, 1.807) is 12.3 Å². The maximum atomic E-state index is 10.8. The van der Waals surface area contributed by atoms with Crippen molar-refractivity contribution in [3.63, 3.8) is 0 Å². The van der Waals surface area contributed by atoms with Crippen LogP contribution in [0.1, 0.15) is 35.0 Å². The second-order valence-corrected chi connectivity index (χ2v) is 4.73. The number of hydrogen-bond donors (Lipinski definition) is 1. The van der Waals surface area contributed by atoms with Gasteiger partial charge in [0, 0.05) is 24.9 Å². The van der Waals surface area contributed by atoms with E-state index >= 15 is 0 Å². The van der Waals surface area contributed by atoms with Crippen molar-refractivity contribution in [1.29, 1.82) is 0 Å². The highest BCUT2D eigenvalue weighted by molar-refractivity contribution is 5.84. The Morgan fingerprint density at radius 3 is 2.80 bits per heavy atom. The molecule has 0 aliphatic carbocycles. The molecule has 1 unspecified atom stereocenters. The molecule has 0 spiro atoms. The van der Waals surface area contributed by atoms with Crippen molar-refractivity contribution in [2.24, 2.45) is 0 Å². The fraction of sp³-hybridized carbons (Fsp3) is 0.333. The minimum absolute atomic E-state index is 0.0202. The number of nitrogens with zero attached hydrogens (tertiary/aromatic N) is 2. The summed E-state index contributed by atoms with van der Waals surface area (Å²) in [7, 11) is 1.98. The maximum absolute atomic E-state index is 10.8. The first kappa shape index (κ1) is 14.3. The molecule has 5 nitrogen and oxygen atoms in total. The molecular formula is C15H18N2O3. The summed E-state index contributed by atoms with van der Waals surface area (Å²) in [5.41, 5.74) is 1.04. The zero-order chi connectivity index (χ0) is 14.5. The molecule has 106 valence electrons. The molecule has 0 bridgehead atoms. The molecule has 5 heteroatoms. The Morgan fingerprint density at radius 1 is 1.40 bits per heavy atom. The van der Waals surface area contributed by atoms with Crippen LogP contribution in [0.25, 0.3) is 0 Å². The van der Waals surface area contributed by atoms with Crippen molar-refractivity contribution in [1.82, 2.24) is 9.88 Å². The number of aromatic carboxylic acids is 1. The Labute approximate surface area is 117 Å². The Balaban J connectivity index is 1.94. The van der Waals surface area contributed by atoms with Crippen LogP contribution in [0.4, 0.5) is 0 Å². The molecule has 1 N–H and O–H groups in total. The Hall–Kier alpha value is -2.14. The van der Waals surface area contributed by atoms with E-state index in [1.807, 2.05) is 32.2 Å². The second-order valence-electron chi connectivity index (χ2n) is 4.73. The van der Waals surface area contributed by atoms with Gasteiger partial charge in [0.1, 0.15) is 5.76 Å². The molecule has 2 rings (SSSR count). The molecule has 0 radical (unpaired) electrons. The van der Waals surface area contributed by atoms with Crippen LogP contribution >= 0.6 is 0 Å². The van der Waals surface area contributed by atoms with Crippen molar-refractivity contribution in [3.8, 4) is 0 Å². The molecule has 2 heterocycles. The van der Waals surface area contributed by atoms with Gasteiger partial charge in [-0.25, -0.2) is 4.79 Å². The number of hydrogen-bond acceptors (Lipinski definition) is 4. The standard InChI is InChI=1S/C15H18N2O3/c1-11(13-6-7-14(20-13)15(18)19)17(2)10-8-12-5-3-4-9-16-12/h3-7,9,11H,8,10H2,1-2H3,(H,18,19). The smallest absolute Gasteiger partial charge is 0.371 e.